The second-order valence-electron chi connectivity index (χ2n) is 10.7. The monoisotopic (exact) mass is 493 g/mol. The summed E-state index contributed by atoms with van der Waals surface area (Å²) in [5.41, 5.74) is 1.39. The first-order chi connectivity index (χ1) is 16.2. The van der Waals surface area contributed by atoms with Gasteiger partial charge in [-0.2, -0.15) is 0 Å². The maximum atomic E-state index is 13.5. The summed E-state index contributed by atoms with van der Waals surface area (Å²) in [6.07, 6.45) is -3.04. The number of rotatable bonds is 5. The van der Waals surface area contributed by atoms with Crippen molar-refractivity contribution in [2.24, 2.45) is 0 Å². The number of aryl methyl sites for hydroxylation is 1. The number of benzene rings is 1. The molecule has 0 amide bonds. The quantitative estimate of drug-likeness (QED) is 0.488. The van der Waals surface area contributed by atoms with E-state index in [4.69, 9.17) is 9.40 Å². The molecule has 2 N–H and O–H groups in total. The highest BCUT2D eigenvalue weighted by atomic mass is 19.3. The van der Waals surface area contributed by atoms with Crippen molar-refractivity contribution in [3.05, 3.63) is 29.3 Å². The largest absolute Gasteiger partial charge is 0.402 e. The lowest BCUT2D eigenvalue weighted by Gasteiger charge is -2.42. The molecule has 2 aromatic heterocycles. The summed E-state index contributed by atoms with van der Waals surface area (Å²) in [6, 6.07) is 5.25. The molecule has 1 saturated carbocycles. The van der Waals surface area contributed by atoms with Crippen LogP contribution in [-0.2, 0) is 5.41 Å². The Balaban J connectivity index is 1.45. The van der Waals surface area contributed by atoms with Crippen molar-refractivity contribution in [3.8, 4) is 11.6 Å². The first-order valence-electron chi connectivity index (χ1n) is 11.4. The summed E-state index contributed by atoms with van der Waals surface area (Å²) in [7, 11) is 0. The second-order valence-corrected chi connectivity index (χ2v) is 10.7. The highest BCUT2D eigenvalue weighted by molar-refractivity contribution is 5.91. The van der Waals surface area contributed by atoms with Crippen molar-refractivity contribution in [1.82, 2.24) is 15.2 Å². The fraction of sp³-hybridized carbons (Fsp3) is 0.542. The van der Waals surface area contributed by atoms with Gasteiger partial charge in [0.25, 0.3) is 18.2 Å². The van der Waals surface area contributed by atoms with E-state index in [1.807, 2.05) is 39.8 Å². The Kier molecular flexibility index (Phi) is 5.28. The van der Waals surface area contributed by atoms with E-state index in [9.17, 15) is 22.7 Å². The lowest BCUT2D eigenvalue weighted by molar-refractivity contribution is -0.148. The van der Waals surface area contributed by atoms with Gasteiger partial charge in [0.2, 0.25) is 0 Å². The standard InChI is InChI=1S/C24H27F4N5O2/c1-12-5-17(19-31-32-21(35-19)29-13-8-23(34,9-13)20(25)26)30-18-15(12)6-14(7-16(18)22(2,3)4)33-10-24(27,28)11-33/h5-7,13,20,34H,8-11H2,1-4H3,(H,29,32)/t13-,23+. The van der Waals surface area contributed by atoms with Crippen LogP contribution < -0.4 is 10.2 Å². The predicted molar refractivity (Wildman–Crippen MR) is 123 cm³/mol. The molecular formula is C24H27F4N5O2. The summed E-state index contributed by atoms with van der Waals surface area (Å²) in [4.78, 5) is 6.45. The molecule has 5 rings (SSSR count). The van der Waals surface area contributed by atoms with Crippen LogP contribution >= 0.6 is 0 Å². The normalized spacial score (nSPS) is 23.9. The average molecular weight is 494 g/mol. The molecule has 11 heteroatoms. The van der Waals surface area contributed by atoms with E-state index >= 15 is 0 Å². The maximum Gasteiger partial charge on any atom is 0.316 e. The van der Waals surface area contributed by atoms with Gasteiger partial charge >= 0.3 is 6.01 Å². The van der Waals surface area contributed by atoms with Gasteiger partial charge in [-0.1, -0.05) is 25.9 Å². The first-order valence-corrected chi connectivity index (χ1v) is 11.4. The second kappa shape index (κ2) is 7.78. The van der Waals surface area contributed by atoms with E-state index in [0.29, 0.717) is 5.69 Å². The number of aliphatic hydroxyl groups is 1. The lowest BCUT2D eigenvalue weighted by atomic mass is 9.76. The number of halogens is 4. The Bertz CT molecular complexity index is 1270. The number of fused-ring (bicyclic) bond motifs is 1. The van der Waals surface area contributed by atoms with Gasteiger partial charge in [0.1, 0.15) is 11.3 Å². The molecule has 0 spiro atoms. The van der Waals surface area contributed by atoms with E-state index < -0.39 is 24.0 Å². The molecule has 2 aliphatic rings. The molecule has 3 heterocycles. The minimum absolute atomic E-state index is 0.0611. The zero-order valence-corrected chi connectivity index (χ0v) is 19.9. The Morgan fingerprint density at radius 1 is 1.14 bits per heavy atom. The number of alkyl halides is 4. The molecular weight excluding hydrogens is 466 g/mol. The molecule has 3 aromatic rings. The minimum Gasteiger partial charge on any atom is -0.402 e. The molecule has 1 aliphatic heterocycles. The van der Waals surface area contributed by atoms with Gasteiger partial charge in [0.05, 0.1) is 18.6 Å². The van der Waals surface area contributed by atoms with Crippen molar-refractivity contribution >= 4 is 22.6 Å². The maximum absolute atomic E-state index is 13.5. The molecule has 188 valence electrons. The summed E-state index contributed by atoms with van der Waals surface area (Å²) >= 11 is 0. The molecule has 0 bridgehead atoms. The molecule has 0 atom stereocenters. The summed E-state index contributed by atoms with van der Waals surface area (Å²) in [6.45, 7) is 7.40. The van der Waals surface area contributed by atoms with Crippen LogP contribution in [0, 0.1) is 6.92 Å². The minimum atomic E-state index is -2.81. The lowest BCUT2D eigenvalue weighted by Crippen LogP contribution is -2.56. The van der Waals surface area contributed by atoms with E-state index in [2.05, 4.69) is 15.5 Å². The van der Waals surface area contributed by atoms with Crippen LogP contribution in [0.5, 0.6) is 0 Å². The van der Waals surface area contributed by atoms with E-state index in [1.54, 1.807) is 11.0 Å². The number of nitrogens with one attached hydrogen (secondary N) is 1. The predicted octanol–water partition coefficient (Wildman–Crippen LogP) is 4.92. The van der Waals surface area contributed by atoms with Crippen molar-refractivity contribution < 1.29 is 27.1 Å². The van der Waals surface area contributed by atoms with Gasteiger partial charge in [-0.15, -0.1) is 5.10 Å². The zero-order valence-electron chi connectivity index (χ0n) is 19.9. The van der Waals surface area contributed by atoms with Crippen molar-refractivity contribution in [2.75, 3.05) is 23.3 Å². The van der Waals surface area contributed by atoms with Gasteiger partial charge < -0.3 is 19.7 Å². The van der Waals surface area contributed by atoms with Crippen LogP contribution in [0.15, 0.2) is 22.6 Å². The molecule has 1 aliphatic carbocycles. The van der Waals surface area contributed by atoms with Crippen LogP contribution in [-0.4, -0.2) is 57.4 Å². The third-order valence-electron chi connectivity index (χ3n) is 6.70. The molecule has 2 fully saturated rings. The summed E-state index contributed by atoms with van der Waals surface area (Å²) in [5, 5.41) is 21.5. The SMILES string of the molecule is Cc1cc(-c2nnc(N[C@H]3C[C@](O)(C(F)F)C3)o2)nc2c(C(C)(C)C)cc(N3CC(F)(F)C3)cc12. The van der Waals surface area contributed by atoms with Crippen LogP contribution in [0.3, 0.4) is 0 Å². The van der Waals surface area contributed by atoms with Crippen LogP contribution in [0.25, 0.3) is 22.5 Å². The van der Waals surface area contributed by atoms with Crippen molar-refractivity contribution in [3.63, 3.8) is 0 Å². The number of aromatic nitrogens is 3. The number of anilines is 2. The highest BCUT2D eigenvalue weighted by Gasteiger charge is 2.50. The van der Waals surface area contributed by atoms with Gasteiger partial charge in [-0.05, 0) is 41.7 Å². The van der Waals surface area contributed by atoms with E-state index in [0.717, 1.165) is 27.7 Å². The summed E-state index contributed by atoms with van der Waals surface area (Å²) in [5.74, 6) is -2.51. The van der Waals surface area contributed by atoms with Crippen LogP contribution in [0.1, 0.15) is 44.7 Å². The Hall–Kier alpha value is -2.95. The van der Waals surface area contributed by atoms with E-state index in [1.165, 1.54) is 0 Å². The highest BCUT2D eigenvalue weighted by Crippen LogP contribution is 2.41. The van der Waals surface area contributed by atoms with Crippen molar-refractivity contribution in [1.29, 1.82) is 0 Å². The van der Waals surface area contributed by atoms with E-state index in [-0.39, 0.29) is 43.3 Å². The third kappa shape index (κ3) is 4.30. The molecule has 1 aromatic carbocycles. The smallest absolute Gasteiger partial charge is 0.316 e. The number of nitrogens with zero attached hydrogens (tertiary/aromatic N) is 4. The molecule has 1 saturated heterocycles. The topological polar surface area (TPSA) is 87.3 Å². The Labute approximate surface area is 199 Å². The molecule has 0 radical (unpaired) electrons. The number of hydrogen-bond donors (Lipinski definition) is 2. The zero-order chi connectivity index (χ0) is 25.3. The van der Waals surface area contributed by atoms with Gasteiger partial charge in [-0.25, -0.2) is 22.5 Å². The third-order valence-corrected chi connectivity index (χ3v) is 6.70. The average Bonchev–Trinajstić information content (AvgIpc) is 3.17. The fourth-order valence-electron chi connectivity index (χ4n) is 4.67. The number of hydrogen-bond acceptors (Lipinski definition) is 7. The van der Waals surface area contributed by atoms with Crippen LogP contribution in [0.2, 0.25) is 0 Å². The molecule has 7 nitrogen and oxygen atoms in total. The van der Waals surface area contributed by atoms with Crippen LogP contribution in [0.4, 0.5) is 29.3 Å². The fourth-order valence-corrected chi connectivity index (χ4v) is 4.67. The van der Waals surface area contributed by atoms with Crippen molar-refractivity contribution in [2.45, 2.75) is 69.9 Å². The summed E-state index contributed by atoms with van der Waals surface area (Å²) < 4.78 is 58.4. The Morgan fingerprint density at radius 2 is 1.83 bits per heavy atom. The Morgan fingerprint density at radius 3 is 2.43 bits per heavy atom. The molecule has 35 heavy (non-hydrogen) atoms. The molecule has 0 unspecified atom stereocenters. The van der Waals surface area contributed by atoms with Gasteiger partial charge in [-0.3, -0.25) is 0 Å². The van der Waals surface area contributed by atoms with Gasteiger partial charge in [0, 0.05) is 30.0 Å². The van der Waals surface area contributed by atoms with Gasteiger partial charge in [0.15, 0.2) is 0 Å². The number of pyridine rings is 1. The first kappa shape index (κ1) is 23.8.